The maximum atomic E-state index is 14.0. The van der Waals surface area contributed by atoms with E-state index in [1.54, 1.807) is 0 Å². The van der Waals surface area contributed by atoms with Crippen LogP contribution >= 0.6 is 0 Å². The molecule has 0 amide bonds. The Morgan fingerprint density at radius 1 is 0.604 bits per heavy atom. The Balaban J connectivity index is 1.92. The van der Waals surface area contributed by atoms with Crippen molar-refractivity contribution in [3.63, 3.8) is 0 Å². The van der Waals surface area contributed by atoms with E-state index in [-0.39, 0.29) is 58.5 Å². The first kappa shape index (κ1) is 34.9. The summed E-state index contributed by atoms with van der Waals surface area (Å²) < 4.78 is 17.6. The van der Waals surface area contributed by atoms with Gasteiger partial charge < -0.3 is 9.47 Å². The zero-order valence-corrected chi connectivity index (χ0v) is 28.5. The molecule has 4 aromatic rings. The first-order valence-corrected chi connectivity index (χ1v) is 16.0. The minimum absolute atomic E-state index is 0.0307. The van der Waals surface area contributed by atoms with E-state index in [0.717, 1.165) is 18.3 Å². The van der Waals surface area contributed by atoms with Gasteiger partial charge in [-0.15, -0.1) is 20.5 Å². The number of fused-ring (bicyclic) bond motifs is 6. The molecule has 1 spiro atoms. The number of pyridine rings is 2. The lowest BCUT2D eigenvalue weighted by Crippen LogP contribution is -2.54. The summed E-state index contributed by atoms with van der Waals surface area (Å²) in [6.07, 6.45) is 1.97. The minimum atomic E-state index is -2.92. The fraction of sp³-hybridized carbons (Fsp3) is 0.333. The van der Waals surface area contributed by atoms with Crippen LogP contribution in [0.3, 0.4) is 0 Å². The molecule has 6 rings (SSSR count). The van der Waals surface area contributed by atoms with E-state index in [1.165, 1.54) is 13.8 Å². The van der Waals surface area contributed by atoms with Crippen molar-refractivity contribution in [2.75, 3.05) is 0 Å². The number of azo groups is 2. The van der Waals surface area contributed by atoms with Crippen LogP contribution in [0.15, 0.2) is 30.0 Å². The van der Waals surface area contributed by atoms with Crippen LogP contribution in [-0.2, 0) is 19.1 Å². The zero-order chi connectivity index (χ0) is 38.2. The highest BCUT2D eigenvalue weighted by Crippen LogP contribution is 2.47. The summed E-state index contributed by atoms with van der Waals surface area (Å²) in [5, 5.41) is 78.5. The van der Waals surface area contributed by atoms with Gasteiger partial charge in [-0.2, -0.15) is 41.5 Å². The summed E-state index contributed by atoms with van der Waals surface area (Å²) in [4.78, 5) is 36.3. The SMILES string of the molecule is CCCCn1c2c(c(C)c(C#N)c1=O)N=Nc1nc(C#N)c(C#N)n1C1(O2)Oc2c(c(C)c(C#N)c(=O)n2CCCC)N=Nc2nc(C#N)c(C#N)n21. The van der Waals surface area contributed by atoms with Gasteiger partial charge in [0.2, 0.25) is 11.8 Å². The van der Waals surface area contributed by atoms with Crippen LogP contribution in [0.2, 0.25) is 0 Å². The Morgan fingerprint density at radius 3 is 1.32 bits per heavy atom. The second-order valence-corrected chi connectivity index (χ2v) is 11.6. The highest BCUT2D eigenvalue weighted by atomic mass is 16.7. The lowest BCUT2D eigenvalue weighted by Gasteiger charge is -2.39. The van der Waals surface area contributed by atoms with E-state index >= 15 is 0 Å². The summed E-state index contributed by atoms with van der Waals surface area (Å²) >= 11 is 0. The number of rotatable bonds is 6. The summed E-state index contributed by atoms with van der Waals surface area (Å²) in [5.74, 6) is -1.78. The monoisotopic (exact) mass is 708 g/mol. The number of imidazole rings is 2. The number of nitrogens with zero attached hydrogens (tertiary/aromatic N) is 16. The van der Waals surface area contributed by atoms with Crippen molar-refractivity contribution in [1.29, 1.82) is 31.6 Å². The Kier molecular flexibility index (Phi) is 8.83. The van der Waals surface area contributed by atoms with E-state index in [9.17, 15) is 41.2 Å². The van der Waals surface area contributed by atoms with Gasteiger partial charge in [-0.05, 0) is 26.7 Å². The lowest BCUT2D eigenvalue weighted by atomic mass is 10.1. The van der Waals surface area contributed by atoms with Crippen molar-refractivity contribution in [2.45, 2.75) is 72.5 Å². The van der Waals surface area contributed by atoms with Gasteiger partial charge in [-0.25, -0.2) is 9.13 Å². The van der Waals surface area contributed by atoms with Crippen LogP contribution in [0.4, 0.5) is 23.3 Å². The average Bonchev–Trinajstić information content (AvgIpc) is 3.70. The zero-order valence-electron chi connectivity index (χ0n) is 28.5. The second-order valence-electron chi connectivity index (χ2n) is 11.6. The molecular weight excluding hydrogens is 684 g/mol. The molecule has 0 N–H and O–H groups in total. The van der Waals surface area contributed by atoms with Gasteiger partial charge in [-0.3, -0.25) is 18.7 Å². The molecule has 2 aliphatic heterocycles. The number of unbranched alkanes of at least 4 members (excludes halogenated alkanes) is 2. The molecule has 0 radical (unpaired) electrons. The molecule has 0 bridgehead atoms. The first-order chi connectivity index (χ1) is 25.6. The molecule has 4 aromatic heterocycles. The van der Waals surface area contributed by atoms with E-state index in [2.05, 4.69) is 30.4 Å². The molecule has 6 heterocycles. The topological polar surface area (TPSA) is 290 Å². The summed E-state index contributed by atoms with van der Waals surface area (Å²) in [6.45, 7) is 6.53. The van der Waals surface area contributed by atoms with Gasteiger partial charge in [0.15, 0.2) is 34.2 Å². The fourth-order valence-corrected chi connectivity index (χ4v) is 5.93. The molecule has 0 atom stereocenters. The van der Waals surface area contributed by atoms with Crippen LogP contribution in [0, 0.1) is 81.8 Å². The third-order valence-electron chi connectivity index (χ3n) is 8.61. The predicted octanol–water partition coefficient (Wildman–Crippen LogP) is 4.58. The van der Waals surface area contributed by atoms with Crippen molar-refractivity contribution in [2.24, 2.45) is 20.5 Å². The minimum Gasteiger partial charge on any atom is -0.398 e. The third-order valence-corrected chi connectivity index (χ3v) is 8.61. The Labute approximate surface area is 299 Å². The number of nitriles is 6. The first-order valence-electron chi connectivity index (χ1n) is 16.0. The third kappa shape index (κ3) is 5.06. The predicted molar refractivity (Wildman–Crippen MR) is 176 cm³/mol. The highest BCUT2D eigenvalue weighted by Gasteiger charge is 2.53. The largest absolute Gasteiger partial charge is 0.452 e. The fourth-order valence-electron chi connectivity index (χ4n) is 5.93. The standard InChI is InChI=1S/C33H24N16O4/c1-5-7-9-46-27(50)19(11-34)17(3)25-29(46)52-33(48-23(15-38)21(13-36)40-31(48)44-42-25)49-24(16-39)22(14-37)41-32(49)45-43-26-18(4)20(12-35)28(51)47(10-8-6-2)30(26)53-33/h5-10H2,1-4H3. The number of ether oxygens (including phenoxy) is 2. The van der Waals surface area contributed by atoms with Gasteiger partial charge in [-0.1, -0.05) is 26.7 Å². The van der Waals surface area contributed by atoms with E-state index in [0.29, 0.717) is 25.7 Å². The Morgan fingerprint density at radius 2 is 1.00 bits per heavy atom. The molecular formula is C33H24N16O4. The molecule has 0 fully saturated rings. The van der Waals surface area contributed by atoms with E-state index < -0.39 is 51.8 Å². The average molecular weight is 709 g/mol. The molecule has 2 aliphatic rings. The van der Waals surface area contributed by atoms with Crippen molar-refractivity contribution >= 4 is 23.3 Å². The Bertz CT molecular complexity index is 2520. The Hall–Kier alpha value is -7.94. The van der Waals surface area contributed by atoms with Gasteiger partial charge in [0.1, 0.15) is 47.5 Å². The molecule has 20 nitrogen and oxygen atoms in total. The normalized spacial score (nSPS) is 14.8. The molecule has 53 heavy (non-hydrogen) atoms. The van der Waals surface area contributed by atoms with Crippen LogP contribution in [-0.4, -0.2) is 28.2 Å². The molecule has 0 aromatic carbocycles. The van der Waals surface area contributed by atoms with Crippen LogP contribution in [0.25, 0.3) is 0 Å². The number of hydrogen-bond donors (Lipinski definition) is 0. The summed E-state index contributed by atoms with van der Waals surface area (Å²) in [7, 11) is 0. The molecule has 260 valence electrons. The van der Waals surface area contributed by atoms with E-state index in [1.807, 2.05) is 50.3 Å². The molecule has 0 aliphatic carbocycles. The van der Waals surface area contributed by atoms with Crippen molar-refractivity contribution in [3.8, 4) is 48.2 Å². The van der Waals surface area contributed by atoms with Crippen LogP contribution < -0.4 is 20.6 Å². The number of aromatic nitrogens is 6. The maximum absolute atomic E-state index is 14.0. The molecule has 0 saturated heterocycles. The molecule has 0 unspecified atom stereocenters. The van der Waals surface area contributed by atoms with Crippen LogP contribution in [0.5, 0.6) is 11.8 Å². The summed E-state index contributed by atoms with van der Waals surface area (Å²) in [5.41, 5.74) is -4.48. The lowest BCUT2D eigenvalue weighted by molar-refractivity contribution is -0.212. The van der Waals surface area contributed by atoms with Crippen molar-refractivity contribution in [3.05, 3.63) is 65.7 Å². The quantitative estimate of drug-likeness (QED) is 0.266. The smallest absolute Gasteiger partial charge is 0.398 e. The van der Waals surface area contributed by atoms with Crippen molar-refractivity contribution in [1.82, 2.24) is 28.2 Å². The number of hydrogen-bond acceptors (Lipinski definition) is 16. The van der Waals surface area contributed by atoms with Gasteiger partial charge in [0, 0.05) is 24.2 Å². The molecule has 0 saturated carbocycles. The van der Waals surface area contributed by atoms with Crippen molar-refractivity contribution < 1.29 is 9.47 Å². The highest BCUT2D eigenvalue weighted by molar-refractivity contribution is 5.63. The summed E-state index contributed by atoms with van der Waals surface area (Å²) in [6, 6.07) is 8.27. The van der Waals surface area contributed by atoms with Gasteiger partial charge in [0.25, 0.3) is 23.0 Å². The second kappa shape index (κ2) is 13.4. The molecule has 20 heteroatoms. The van der Waals surface area contributed by atoms with Gasteiger partial charge in [0.05, 0.1) is 0 Å². The van der Waals surface area contributed by atoms with E-state index in [4.69, 9.17) is 9.47 Å². The maximum Gasteiger partial charge on any atom is 0.452 e. The van der Waals surface area contributed by atoms with Crippen LogP contribution in [0.1, 0.15) is 84.6 Å². The van der Waals surface area contributed by atoms with Gasteiger partial charge >= 0.3 is 6.03 Å².